The third-order valence-electron chi connectivity index (χ3n) is 2.06. The van der Waals surface area contributed by atoms with Crippen LogP contribution < -0.4 is 0 Å². The van der Waals surface area contributed by atoms with Crippen LogP contribution in [0.15, 0.2) is 0 Å². The van der Waals surface area contributed by atoms with E-state index in [1.54, 1.807) is 0 Å². The molecule has 0 aromatic carbocycles. The van der Waals surface area contributed by atoms with Crippen LogP contribution >= 0.6 is 0 Å². The fourth-order valence-corrected chi connectivity index (χ4v) is 1.88. The molecule has 0 N–H and O–H groups in total. The monoisotopic (exact) mass is 212 g/mol. The van der Waals surface area contributed by atoms with E-state index in [4.69, 9.17) is 0 Å². The molecule has 0 heterocycles. The summed E-state index contributed by atoms with van der Waals surface area (Å²) < 4.78 is 0. The fraction of sp³-hybridized carbons (Fsp3) is 1.00. The van der Waals surface area contributed by atoms with Crippen LogP contribution in [0.4, 0.5) is 0 Å². The van der Waals surface area contributed by atoms with Crippen LogP contribution in [0.5, 0.6) is 0 Å². The first kappa shape index (κ1) is 11.6. The summed E-state index contributed by atoms with van der Waals surface area (Å²) in [6.07, 6.45) is 11.7. The molecule has 0 bridgehead atoms. The Morgan fingerprint density at radius 2 is 1.27 bits per heavy atom. The van der Waals surface area contributed by atoms with E-state index in [-0.39, 0.29) is 2.85 Å². The van der Waals surface area contributed by atoms with Crippen molar-refractivity contribution >= 4 is 18.6 Å². The predicted molar refractivity (Wildman–Crippen MR) is 55.4 cm³/mol. The largest absolute Gasteiger partial charge is 1.00 e. The summed E-state index contributed by atoms with van der Waals surface area (Å²) >= 11 is 1.89. The average Bonchev–Trinajstić information content (AvgIpc) is 2.03. The molecule has 0 aliphatic rings. The van der Waals surface area contributed by atoms with E-state index in [0.717, 1.165) is 0 Å². The minimum Gasteiger partial charge on any atom is -1.00 e. The van der Waals surface area contributed by atoms with Crippen LogP contribution in [0.3, 0.4) is 0 Å². The Labute approximate surface area is 85.0 Å². The second kappa shape index (κ2) is 10.6. The Hall–Kier alpha value is 0.636. The number of hydrogen-bond acceptors (Lipinski definition) is 0. The molecule has 0 aromatic rings. The van der Waals surface area contributed by atoms with Gasteiger partial charge in [-0.25, -0.2) is 0 Å². The molecule has 0 aliphatic heterocycles. The van der Waals surface area contributed by atoms with Gasteiger partial charge in [0.1, 0.15) is 0 Å². The number of unbranched alkanes of at least 4 members (excludes halogenated alkanes) is 7. The summed E-state index contributed by atoms with van der Waals surface area (Å²) in [4.78, 5) is 1.43. The van der Waals surface area contributed by atoms with Gasteiger partial charge < -0.3 is 2.85 Å². The van der Waals surface area contributed by atoms with E-state index in [9.17, 15) is 0 Å². The predicted octanol–water partition coefficient (Wildman–Crippen LogP) is 3.94. The minimum absolute atomic E-state index is 0. The third-order valence-corrected chi connectivity index (χ3v) is 2.91. The zero-order chi connectivity index (χ0) is 8.36. The van der Waals surface area contributed by atoms with Gasteiger partial charge in [-0.15, -0.1) is 0 Å². The van der Waals surface area contributed by atoms with Crippen molar-refractivity contribution in [1.29, 1.82) is 0 Å². The van der Waals surface area contributed by atoms with Gasteiger partial charge in [0.15, 0.2) is 0 Å². The van der Waals surface area contributed by atoms with Crippen LogP contribution in [0, 0.1) is 0 Å². The number of rotatable bonds is 8. The Kier molecular flexibility index (Phi) is 11.3. The van der Waals surface area contributed by atoms with Gasteiger partial charge in [0, 0.05) is 0 Å². The molecule has 0 saturated carbocycles. The molecule has 11 heavy (non-hydrogen) atoms. The van der Waals surface area contributed by atoms with Crippen molar-refractivity contribution in [3.05, 3.63) is 0 Å². The van der Waals surface area contributed by atoms with E-state index in [1.165, 1.54) is 56.3 Å². The summed E-state index contributed by atoms with van der Waals surface area (Å²) in [6.45, 7) is 2.28. The van der Waals surface area contributed by atoms with Crippen molar-refractivity contribution in [2.24, 2.45) is 0 Å². The second-order valence-corrected chi connectivity index (χ2v) is 4.47. The molecule has 0 saturated heterocycles. The van der Waals surface area contributed by atoms with Gasteiger partial charge in [-0.1, -0.05) is 0 Å². The van der Waals surface area contributed by atoms with E-state index in [1.807, 2.05) is 18.6 Å². The maximum absolute atomic E-state index is 2.28. The fourth-order valence-electron chi connectivity index (χ4n) is 1.28. The molecular weight excluding hydrogens is 190 g/mol. The zero-order valence-electron chi connectivity index (χ0n) is 9.94. The maximum atomic E-state index is 2.28. The van der Waals surface area contributed by atoms with Crippen LogP contribution in [0.25, 0.3) is 0 Å². The molecule has 66 valence electrons. The van der Waals surface area contributed by atoms with E-state index < -0.39 is 0 Å². The van der Waals surface area contributed by atoms with Crippen LogP contribution in [-0.2, 0) is 0 Å². The summed E-state index contributed by atoms with van der Waals surface area (Å²) in [7, 11) is 0. The molecule has 0 aliphatic carbocycles. The zero-order valence-corrected chi connectivity index (χ0v) is 10.4. The van der Waals surface area contributed by atoms with Crippen LogP contribution in [-0.4, -0.2) is 18.6 Å². The molecule has 0 aromatic heterocycles. The van der Waals surface area contributed by atoms with Crippen molar-refractivity contribution in [2.75, 3.05) is 0 Å². The van der Waals surface area contributed by atoms with Crippen molar-refractivity contribution < 1.29 is 2.85 Å². The second-order valence-electron chi connectivity index (χ2n) is 3.26. The first-order valence-electron chi connectivity index (χ1n) is 5.12. The quantitative estimate of drug-likeness (QED) is 0.423. The molecule has 0 amide bonds. The summed E-state index contributed by atoms with van der Waals surface area (Å²) in [5.41, 5.74) is 0. The summed E-state index contributed by atoms with van der Waals surface area (Å²) in [6, 6.07) is 0. The standard InChI is InChI=1S/C10H21.Ga.2H/c1-3-5-7-9-10-8-6-4-2;;;/h1,3-10H2,2H3;;;/q;+2;2*-1. The normalized spacial score (nSPS) is 10.5. The topological polar surface area (TPSA) is 0 Å². The maximum Gasteiger partial charge on any atom is -1.00 e. The summed E-state index contributed by atoms with van der Waals surface area (Å²) in [5.74, 6) is 0. The Balaban J connectivity index is -0.000000500. The van der Waals surface area contributed by atoms with Gasteiger partial charge in [0.2, 0.25) is 0 Å². The van der Waals surface area contributed by atoms with E-state index in [2.05, 4.69) is 6.92 Å². The molecule has 0 radical (unpaired) electrons. The number of hydrogen-bond donors (Lipinski definition) is 0. The van der Waals surface area contributed by atoms with Crippen LogP contribution in [0.2, 0.25) is 4.98 Å². The Bertz CT molecular complexity index is 61.9. The van der Waals surface area contributed by atoms with Gasteiger partial charge in [0.25, 0.3) is 0 Å². The Morgan fingerprint density at radius 1 is 0.818 bits per heavy atom. The molecule has 0 unspecified atom stereocenters. The van der Waals surface area contributed by atoms with Crippen molar-refractivity contribution in [2.45, 2.75) is 63.3 Å². The molecule has 0 rings (SSSR count). The molecule has 0 atom stereocenters. The van der Waals surface area contributed by atoms with Gasteiger partial charge in [-0.05, 0) is 0 Å². The first-order chi connectivity index (χ1) is 5.41. The van der Waals surface area contributed by atoms with E-state index in [0.29, 0.717) is 0 Å². The van der Waals surface area contributed by atoms with Crippen molar-refractivity contribution in [3.63, 3.8) is 0 Å². The summed E-state index contributed by atoms with van der Waals surface area (Å²) in [5, 5.41) is 0. The minimum atomic E-state index is 0. The van der Waals surface area contributed by atoms with Crippen LogP contribution in [0.1, 0.15) is 61.1 Å². The molecule has 0 spiro atoms. The van der Waals surface area contributed by atoms with Gasteiger partial charge in [-0.3, -0.25) is 0 Å². The molecular formula is C10H23Ga. The third kappa shape index (κ3) is 10.6. The molecule has 0 fully saturated rings. The smallest absolute Gasteiger partial charge is 1.00 e. The van der Waals surface area contributed by atoms with Gasteiger partial charge in [0.05, 0.1) is 0 Å². The molecule has 0 nitrogen and oxygen atoms in total. The van der Waals surface area contributed by atoms with Gasteiger partial charge >= 0.3 is 81.9 Å². The SMILES string of the molecule is CCCCCCCCC[CH2][Ga+2].[H-].[H-]. The molecule has 1 heteroatoms. The van der Waals surface area contributed by atoms with Gasteiger partial charge in [-0.2, -0.15) is 0 Å². The van der Waals surface area contributed by atoms with E-state index >= 15 is 0 Å². The average molecular weight is 213 g/mol. The first-order valence-corrected chi connectivity index (χ1v) is 6.83. The van der Waals surface area contributed by atoms with Crippen molar-refractivity contribution in [3.8, 4) is 0 Å². The van der Waals surface area contributed by atoms with Crippen molar-refractivity contribution in [1.82, 2.24) is 0 Å². The Morgan fingerprint density at radius 3 is 1.73 bits per heavy atom.